The van der Waals surface area contributed by atoms with Crippen molar-refractivity contribution in [3.8, 4) is 5.75 Å². The zero-order valence-corrected chi connectivity index (χ0v) is 25.0. The molecule has 0 spiro atoms. The highest BCUT2D eigenvalue weighted by molar-refractivity contribution is 7.92. The number of anilines is 1. The summed E-state index contributed by atoms with van der Waals surface area (Å²) < 4.78 is 34.3. The van der Waals surface area contributed by atoms with E-state index in [9.17, 15) is 18.0 Å². The van der Waals surface area contributed by atoms with Crippen molar-refractivity contribution in [2.24, 2.45) is 0 Å². The molecule has 0 aliphatic rings. The van der Waals surface area contributed by atoms with Gasteiger partial charge in [-0.1, -0.05) is 66.6 Å². The molecule has 0 saturated heterocycles. The van der Waals surface area contributed by atoms with Crippen molar-refractivity contribution in [2.75, 3.05) is 18.0 Å². The normalized spacial score (nSPS) is 12.8. The Morgan fingerprint density at radius 2 is 1.70 bits per heavy atom. The molecule has 10 heteroatoms. The number of rotatable bonds is 12. The van der Waals surface area contributed by atoms with Gasteiger partial charge in [0, 0.05) is 17.6 Å². The highest BCUT2D eigenvalue weighted by atomic mass is 35.5. The van der Waals surface area contributed by atoms with Gasteiger partial charge in [0.15, 0.2) is 0 Å². The zero-order valence-electron chi connectivity index (χ0n) is 23.4. The smallest absolute Gasteiger partial charge is 0.264 e. The summed E-state index contributed by atoms with van der Waals surface area (Å²) >= 11 is 6.26. The topological polar surface area (TPSA) is 96.0 Å². The van der Waals surface area contributed by atoms with E-state index < -0.39 is 28.5 Å². The SMILES string of the molecule is CC[C@@H](C)NC(=O)[C@@H](C)N(Cc1cccc(C)c1)C(=O)CN(c1cc(Cl)ccc1OC)S(=O)(=O)c1ccccc1. The summed E-state index contributed by atoms with van der Waals surface area (Å²) in [5, 5.41) is 3.20. The molecular formula is C30H36ClN3O5S. The van der Waals surface area contributed by atoms with Gasteiger partial charge in [0.05, 0.1) is 17.7 Å². The number of hydrogen-bond donors (Lipinski definition) is 1. The lowest BCUT2D eigenvalue weighted by Gasteiger charge is -2.33. The number of sulfonamides is 1. The zero-order chi connectivity index (χ0) is 29.4. The van der Waals surface area contributed by atoms with Crippen LogP contribution in [0.3, 0.4) is 0 Å². The molecule has 2 atom stereocenters. The molecule has 0 radical (unpaired) electrons. The number of benzene rings is 3. The molecule has 0 saturated carbocycles. The lowest BCUT2D eigenvalue weighted by atomic mass is 10.1. The van der Waals surface area contributed by atoms with Crippen molar-refractivity contribution in [3.05, 3.63) is 88.9 Å². The van der Waals surface area contributed by atoms with E-state index in [-0.39, 0.29) is 39.8 Å². The van der Waals surface area contributed by atoms with Crippen LogP contribution in [-0.4, -0.2) is 50.9 Å². The Hall–Kier alpha value is -3.56. The van der Waals surface area contributed by atoms with Crippen LogP contribution in [0.25, 0.3) is 0 Å². The summed E-state index contributed by atoms with van der Waals surface area (Å²) in [7, 11) is -2.82. The van der Waals surface area contributed by atoms with Crippen molar-refractivity contribution in [2.45, 2.75) is 57.6 Å². The molecule has 214 valence electrons. The average Bonchev–Trinajstić information content (AvgIpc) is 2.94. The largest absolute Gasteiger partial charge is 0.495 e. The number of ether oxygens (including phenoxy) is 1. The second-order valence-electron chi connectivity index (χ2n) is 9.65. The van der Waals surface area contributed by atoms with Crippen LogP contribution < -0.4 is 14.4 Å². The molecule has 0 aliphatic heterocycles. The maximum Gasteiger partial charge on any atom is 0.264 e. The van der Waals surface area contributed by atoms with Gasteiger partial charge in [-0.15, -0.1) is 0 Å². The molecule has 1 N–H and O–H groups in total. The molecule has 0 aliphatic carbocycles. The second-order valence-corrected chi connectivity index (χ2v) is 11.9. The molecule has 3 aromatic rings. The first kappa shape index (κ1) is 31.0. The number of halogens is 1. The van der Waals surface area contributed by atoms with Gasteiger partial charge in [0.1, 0.15) is 18.3 Å². The first-order chi connectivity index (χ1) is 19.0. The fourth-order valence-electron chi connectivity index (χ4n) is 4.15. The number of carbonyl (C=O) groups excluding carboxylic acids is 2. The van der Waals surface area contributed by atoms with Crippen LogP contribution in [0, 0.1) is 6.92 Å². The van der Waals surface area contributed by atoms with Gasteiger partial charge in [-0.05, 0) is 63.1 Å². The second kappa shape index (κ2) is 13.7. The summed E-state index contributed by atoms with van der Waals surface area (Å²) in [6.45, 7) is 6.95. The Labute approximate surface area is 241 Å². The molecular weight excluding hydrogens is 550 g/mol. The van der Waals surface area contributed by atoms with Gasteiger partial charge in [-0.2, -0.15) is 0 Å². The van der Waals surface area contributed by atoms with Crippen molar-refractivity contribution in [1.82, 2.24) is 10.2 Å². The molecule has 2 amide bonds. The maximum atomic E-state index is 14.0. The summed E-state index contributed by atoms with van der Waals surface area (Å²) in [4.78, 5) is 28.6. The fraction of sp³-hybridized carbons (Fsp3) is 0.333. The minimum absolute atomic E-state index is 0.00220. The van der Waals surface area contributed by atoms with Gasteiger partial charge >= 0.3 is 0 Å². The lowest BCUT2D eigenvalue weighted by Crippen LogP contribution is -2.52. The Morgan fingerprint density at radius 1 is 1.00 bits per heavy atom. The number of nitrogens with zero attached hydrogens (tertiary/aromatic N) is 2. The third-order valence-corrected chi connectivity index (χ3v) is 8.63. The van der Waals surface area contributed by atoms with Crippen LogP contribution in [0.2, 0.25) is 5.02 Å². The first-order valence-corrected chi connectivity index (χ1v) is 14.9. The Kier molecular flexibility index (Phi) is 10.6. The van der Waals surface area contributed by atoms with Gasteiger partial charge in [-0.3, -0.25) is 13.9 Å². The van der Waals surface area contributed by atoms with Crippen LogP contribution in [0.15, 0.2) is 77.7 Å². The van der Waals surface area contributed by atoms with Crippen molar-refractivity contribution in [3.63, 3.8) is 0 Å². The third kappa shape index (κ3) is 7.55. The van der Waals surface area contributed by atoms with Crippen LogP contribution in [0.4, 0.5) is 5.69 Å². The summed E-state index contributed by atoms with van der Waals surface area (Å²) in [6, 6.07) is 19.0. The van der Waals surface area contributed by atoms with Crippen molar-refractivity contribution in [1.29, 1.82) is 0 Å². The maximum absolute atomic E-state index is 14.0. The summed E-state index contributed by atoms with van der Waals surface area (Å²) in [6.07, 6.45) is 0.724. The highest BCUT2D eigenvalue weighted by Crippen LogP contribution is 2.35. The molecule has 3 aromatic carbocycles. The molecule has 8 nitrogen and oxygen atoms in total. The van der Waals surface area contributed by atoms with E-state index >= 15 is 0 Å². The van der Waals surface area contributed by atoms with Gasteiger partial charge < -0.3 is 15.0 Å². The number of hydrogen-bond acceptors (Lipinski definition) is 5. The van der Waals surface area contributed by atoms with Crippen LogP contribution in [0.5, 0.6) is 5.75 Å². The molecule has 0 heterocycles. The molecule has 0 aromatic heterocycles. The van der Waals surface area contributed by atoms with E-state index in [1.165, 1.54) is 30.2 Å². The average molecular weight is 586 g/mol. The first-order valence-electron chi connectivity index (χ1n) is 13.0. The predicted octanol–water partition coefficient (Wildman–Crippen LogP) is 5.18. The van der Waals surface area contributed by atoms with E-state index in [0.29, 0.717) is 0 Å². The van der Waals surface area contributed by atoms with Crippen LogP contribution >= 0.6 is 11.6 Å². The summed E-state index contributed by atoms with van der Waals surface area (Å²) in [5.41, 5.74) is 1.92. The Balaban J connectivity index is 2.08. The highest BCUT2D eigenvalue weighted by Gasteiger charge is 2.34. The van der Waals surface area contributed by atoms with E-state index in [1.54, 1.807) is 37.3 Å². The number of nitrogens with one attached hydrogen (secondary N) is 1. The van der Waals surface area contributed by atoms with E-state index in [4.69, 9.17) is 16.3 Å². The monoisotopic (exact) mass is 585 g/mol. The van der Waals surface area contributed by atoms with Gasteiger partial charge in [0.2, 0.25) is 11.8 Å². The standard InChI is InChI=1S/C30H36ClN3O5S/c1-6-22(3)32-30(36)23(4)33(19-24-12-10-11-21(2)17-24)29(35)20-34(27-18-25(31)15-16-28(27)39-5)40(37,38)26-13-8-7-9-14-26/h7-18,22-23H,6,19-20H2,1-5H3,(H,32,36)/t22-,23-/m1/s1. The molecule has 0 unspecified atom stereocenters. The number of aryl methyl sites for hydroxylation is 1. The van der Waals surface area contributed by atoms with Crippen molar-refractivity contribution < 1.29 is 22.7 Å². The third-order valence-electron chi connectivity index (χ3n) is 6.62. The van der Waals surface area contributed by atoms with Gasteiger partial charge in [0.25, 0.3) is 10.0 Å². The van der Waals surface area contributed by atoms with E-state index in [0.717, 1.165) is 21.9 Å². The Bertz CT molecular complexity index is 1430. The van der Waals surface area contributed by atoms with E-state index in [2.05, 4.69) is 5.32 Å². The number of carbonyl (C=O) groups is 2. The fourth-order valence-corrected chi connectivity index (χ4v) is 5.75. The summed E-state index contributed by atoms with van der Waals surface area (Å²) in [5.74, 6) is -0.660. The van der Waals surface area contributed by atoms with E-state index in [1.807, 2.05) is 45.0 Å². The molecule has 3 rings (SSSR count). The lowest BCUT2D eigenvalue weighted by molar-refractivity contribution is -0.139. The minimum atomic E-state index is -4.23. The predicted molar refractivity (Wildman–Crippen MR) is 158 cm³/mol. The Morgan fingerprint density at radius 3 is 2.33 bits per heavy atom. The number of methoxy groups -OCH3 is 1. The molecule has 0 fully saturated rings. The quantitative estimate of drug-likeness (QED) is 0.316. The van der Waals surface area contributed by atoms with Crippen LogP contribution in [0.1, 0.15) is 38.3 Å². The minimum Gasteiger partial charge on any atom is -0.495 e. The molecule has 0 bridgehead atoms. The molecule has 40 heavy (non-hydrogen) atoms. The van der Waals surface area contributed by atoms with Gasteiger partial charge in [-0.25, -0.2) is 8.42 Å². The van der Waals surface area contributed by atoms with Crippen LogP contribution in [-0.2, 0) is 26.2 Å². The van der Waals surface area contributed by atoms with Crippen molar-refractivity contribution >= 4 is 39.1 Å². The number of amides is 2.